The van der Waals surface area contributed by atoms with Crippen molar-refractivity contribution in [3.8, 4) is 11.5 Å². The van der Waals surface area contributed by atoms with Gasteiger partial charge < -0.3 is 14.2 Å². The van der Waals surface area contributed by atoms with Crippen molar-refractivity contribution < 1.29 is 19.0 Å². The quantitative estimate of drug-likeness (QED) is 0.237. The highest BCUT2D eigenvalue weighted by atomic mass is 16.5. The number of allylic oxidation sites excluding steroid dienone is 1. The van der Waals surface area contributed by atoms with Crippen LogP contribution in [0.15, 0.2) is 72.8 Å². The molecule has 3 rings (SSSR count). The van der Waals surface area contributed by atoms with E-state index in [1.165, 1.54) is 7.11 Å². The van der Waals surface area contributed by atoms with E-state index in [2.05, 4.69) is 18.2 Å². The predicted octanol–water partition coefficient (Wildman–Crippen LogP) is 6.19. The van der Waals surface area contributed by atoms with Crippen molar-refractivity contribution in [2.24, 2.45) is 0 Å². The van der Waals surface area contributed by atoms with E-state index in [1.54, 1.807) is 7.11 Å². The lowest BCUT2D eigenvalue weighted by Gasteiger charge is -2.16. The molecule has 0 aliphatic heterocycles. The summed E-state index contributed by atoms with van der Waals surface area (Å²) in [6, 6.07) is 23.5. The van der Waals surface area contributed by atoms with Crippen LogP contribution in [0, 0.1) is 6.92 Å². The van der Waals surface area contributed by atoms with Gasteiger partial charge in [0.15, 0.2) is 11.5 Å². The van der Waals surface area contributed by atoms with E-state index < -0.39 is 0 Å². The molecule has 0 saturated heterocycles. The highest BCUT2D eigenvalue weighted by Crippen LogP contribution is 2.31. The van der Waals surface area contributed by atoms with E-state index >= 15 is 0 Å². The van der Waals surface area contributed by atoms with Gasteiger partial charge in [-0.1, -0.05) is 60.7 Å². The first-order chi connectivity index (χ1) is 15.1. The molecular formula is C27H28O4. The number of methoxy groups -OCH3 is 2. The van der Waals surface area contributed by atoms with Crippen LogP contribution in [-0.2, 0) is 4.74 Å². The number of rotatable bonds is 9. The van der Waals surface area contributed by atoms with Gasteiger partial charge in [0.1, 0.15) is 0 Å². The summed E-state index contributed by atoms with van der Waals surface area (Å²) in [6.45, 7) is 2.55. The molecule has 0 amide bonds. The molecule has 0 heterocycles. The van der Waals surface area contributed by atoms with Gasteiger partial charge in [-0.2, -0.15) is 0 Å². The molecule has 3 aromatic carbocycles. The Hall–Kier alpha value is -3.53. The van der Waals surface area contributed by atoms with Crippen LogP contribution in [0.1, 0.15) is 39.9 Å². The minimum absolute atomic E-state index is 0.331. The van der Waals surface area contributed by atoms with Crippen molar-refractivity contribution in [1.82, 2.24) is 0 Å². The molecule has 160 valence electrons. The van der Waals surface area contributed by atoms with Crippen LogP contribution in [0.25, 0.3) is 11.6 Å². The van der Waals surface area contributed by atoms with Crippen LogP contribution in [-0.4, -0.2) is 26.8 Å². The molecule has 3 aromatic rings. The normalized spacial score (nSPS) is 11.1. The minimum atomic E-state index is -0.331. The summed E-state index contributed by atoms with van der Waals surface area (Å²) < 4.78 is 16.3. The predicted molar refractivity (Wildman–Crippen MR) is 125 cm³/mol. The maximum Gasteiger partial charge on any atom is 0.338 e. The number of hydrogen-bond acceptors (Lipinski definition) is 4. The SMILES string of the molecule is COC(=O)c1cccc(C)c1/C(=C\c1ccccc1)CCCOc1ccccc1OC. The average molecular weight is 417 g/mol. The average Bonchev–Trinajstić information content (AvgIpc) is 2.81. The third-order valence-corrected chi connectivity index (χ3v) is 5.06. The van der Waals surface area contributed by atoms with Crippen molar-refractivity contribution in [1.29, 1.82) is 0 Å². The molecule has 0 aliphatic rings. The maximum atomic E-state index is 12.4. The molecule has 0 N–H and O–H groups in total. The lowest BCUT2D eigenvalue weighted by molar-refractivity contribution is 0.0600. The molecule has 0 aliphatic carbocycles. The molecule has 0 unspecified atom stereocenters. The summed E-state index contributed by atoms with van der Waals surface area (Å²) >= 11 is 0. The fraction of sp³-hybridized carbons (Fsp3) is 0.222. The summed E-state index contributed by atoms with van der Waals surface area (Å²) in [6.07, 6.45) is 3.67. The first-order valence-electron chi connectivity index (χ1n) is 10.3. The summed E-state index contributed by atoms with van der Waals surface area (Å²) in [5.74, 6) is 1.11. The Morgan fingerprint density at radius 2 is 1.58 bits per heavy atom. The van der Waals surface area contributed by atoms with E-state index in [0.717, 1.165) is 46.6 Å². The van der Waals surface area contributed by atoms with Crippen molar-refractivity contribution in [2.75, 3.05) is 20.8 Å². The molecule has 0 saturated carbocycles. The van der Waals surface area contributed by atoms with Gasteiger partial charge in [0.25, 0.3) is 0 Å². The second kappa shape index (κ2) is 11.0. The van der Waals surface area contributed by atoms with Crippen LogP contribution < -0.4 is 9.47 Å². The van der Waals surface area contributed by atoms with Crippen LogP contribution in [0.3, 0.4) is 0 Å². The molecule has 0 fully saturated rings. The third-order valence-electron chi connectivity index (χ3n) is 5.06. The monoisotopic (exact) mass is 416 g/mol. The van der Waals surface area contributed by atoms with Crippen LogP contribution in [0.2, 0.25) is 0 Å². The topological polar surface area (TPSA) is 44.8 Å². The largest absolute Gasteiger partial charge is 0.493 e. The third kappa shape index (κ3) is 5.76. The van der Waals surface area contributed by atoms with Gasteiger partial charge >= 0.3 is 5.97 Å². The van der Waals surface area contributed by atoms with E-state index in [9.17, 15) is 4.79 Å². The van der Waals surface area contributed by atoms with Gasteiger partial charge in [-0.3, -0.25) is 0 Å². The zero-order chi connectivity index (χ0) is 22.1. The summed E-state index contributed by atoms with van der Waals surface area (Å²) in [5.41, 5.74) is 4.71. The fourth-order valence-corrected chi connectivity index (χ4v) is 3.58. The van der Waals surface area contributed by atoms with Gasteiger partial charge in [0.05, 0.1) is 26.4 Å². The van der Waals surface area contributed by atoms with Gasteiger partial charge in [0.2, 0.25) is 0 Å². The first kappa shape index (κ1) is 22.2. The van der Waals surface area contributed by atoms with Gasteiger partial charge in [-0.15, -0.1) is 0 Å². The zero-order valence-electron chi connectivity index (χ0n) is 18.3. The number of benzene rings is 3. The molecule has 0 spiro atoms. The number of hydrogen-bond donors (Lipinski definition) is 0. The second-order valence-electron chi connectivity index (χ2n) is 7.17. The van der Waals surface area contributed by atoms with Crippen molar-refractivity contribution in [2.45, 2.75) is 19.8 Å². The number of aryl methyl sites for hydroxylation is 1. The van der Waals surface area contributed by atoms with Crippen molar-refractivity contribution >= 4 is 17.6 Å². The zero-order valence-corrected chi connectivity index (χ0v) is 18.3. The molecule has 4 nitrogen and oxygen atoms in total. The molecule has 0 aromatic heterocycles. The fourth-order valence-electron chi connectivity index (χ4n) is 3.58. The number of carbonyl (C=O) groups is 1. The van der Waals surface area contributed by atoms with Crippen LogP contribution >= 0.6 is 0 Å². The number of carbonyl (C=O) groups excluding carboxylic acids is 1. The highest BCUT2D eigenvalue weighted by Gasteiger charge is 2.17. The Morgan fingerprint density at radius 3 is 2.29 bits per heavy atom. The first-order valence-corrected chi connectivity index (χ1v) is 10.3. The molecule has 4 heteroatoms. The summed E-state index contributed by atoms with van der Waals surface area (Å²) in [4.78, 5) is 12.4. The molecule has 0 atom stereocenters. The Morgan fingerprint density at radius 1 is 0.871 bits per heavy atom. The van der Waals surface area contributed by atoms with E-state index in [0.29, 0.717) is 12.2 Å². The molecule has 0 bridgehead atoms. The lowest BCUT2D eigenvalue weighted by atomic mass is 9.90. The Bertz CT molecular complexity index is 1040. The van der Waals surface area contributed by atoms with E-state index in [1.807, 2.05) is 67.6 Å². The van der Waals surface area contributed by atoms with E-state index in [4.69, 9.17) is 14.2 Å². The van der Waals surface area contributed by atoms with Gasteiger partial charge in [-0.25, -0.2) is 4.79 Å². The number of ether oxygens (including phenoxy) is 3. The number of para-hydroxylation sites is 2. The highest BCUT2D eigenvalue weighted by molar-refractivity contribution is 5.98. The van der Waals surface area contributed by atoms with Gasteiger partial charge in [0, 0.05) is 0 Å². The minimum Gasteiger partial charge on any atom is -0.493 e. The Labute approximate surface area is 184 Å². The Kier molecular flexibility index (Phi) is 7.88. The van der Waals surface area contributed by atoms with E-state index in [-0.39, 0.29) is 5.97 Å². The summed E-state index contributed by atoms with van der Waals surface area (Å²) in [7, 11) is 3.05. The molecule has 0 radical (unpaired) electrons. The standard InChI is InChI=1S/C27H28O4/c1-20-11-9-15-23(27(28)30-3)26(20)22(19-21-12-5-4-6-13-21)14-10-18-31-25-17-8-7-16-24(25)29-2/h4-9,11-13,15-17,19H,10,14,18H2,1-3H3/b22-19-. The van der Waals surface area contributed by atoms with Crippen molar-refractivity contribution in [3.05, 3.63) is 95.1 Å². The maximum absolute atomic E-state index is 12.4. The number of esters is 1. The Balaban J connectivity index is 1.85. The smallest absolute Gasteiger partial charge is 0.338 e. The van der Waals surface area contributed by atoms with Crippen LogP contribution in [0.4, 0.5) is 0 Å². The molecular weight excluding hydrogens is 388 g/mol. The summed E-state index contributed by atoms with van der Waals surface area (Å²) in [5, 5.41) is 0. The second-order valence-corrected chi connectivity index (χ2v) is 7.17. The van der Waals surface area contributed by atoms with Crippen molar-refractivity contribution in [3.63, 3.8) is 0 Å². The lowest BCUT2D eigenvalue weighted by Crippen LogP contribution is -2.08. The van der Waals surface area contributed by atoms with Gasteiger partial charge in [-0.05, 0) is 60.2 Å². The van der Waals surface area contributed by atoms with Crippen LogP contribution in [0.5, 0.6) is 11.5 Å². The molecule has 31 heavy (non-hydrogen) atoms.